The number of morpholine rings is 1. The standard InChI is InChI=1S/C30H39FN2O4/c1-21-6-9-25-20-33(30(34)28(25)29(21)31)19-23-7-10-24(11-8-23)22(2)37-27-5-3-4-26(18-27)36-17-14-32-12-15-35-16-13-32/h3-6,9,18,22-24H,7-8,10-17,19-20H2,1-2H3. The summed E-state index contributed by atoms with van der Waals surface area (Å²) in [4.78, 5) is 17.0. The third kappa shape index (κ3) is 6.27. The second-order valence-corrected chi connectivity index (χ2v) is 10.8. The van der Waals surface area contributed by atoms with Gasteiger partial charge in [-0.25, -0.2) is 4.39 Å². The normalized spacial score (nSPS) is 23.1. The Bertz CT molecular complexity index is 1080. The zero-order chi connectivity index (χ0) is 25.8. The van der Waals surface area contributed by atoms with Crippen molar-refractivity contribution >= 4 is 5.91 Å². The molecule has 0 N–H and O–H groups in total. The average Bonchev–Trinajstić information content (AvgIpc) is 3.23. The van der Waals surface area contributed by atoms with Crippen molar-refractivity contribution in [3.8, 4) is 11.5 Å². The van der Waals surface area contributed by atoms with Crippen LogP contribution in [-0.2, 0) is 11.3 Å². The summed E-state index contributed by atoms with van der Waals surface area (Å²) in [5.74, 6) is 2.11. The van der Waals surface area contributed by atoms with Crippen molar-refractivity contribution in [2.24, 2.45) is 11.8 Å². The number of carbonyl (C=O) groups is 1. The molecule has 200 valence electrons. The van der Waals surface area contributed by atoms with E-state index in [0.717, 1.165) is 75.6 Å². The highest BCUT2D eigenvalue weighted by Crippen LogP contribution is 2.35. The number of hydrogen-bond acceptors (Lipinski definition) is 5. The number of nitrogens with zero attached hydrogens (tertiary/aromatic N) is 2. The van der Waals surface area contributed by atoms with Crippen molar-refractivity contribution in [2.45, 2.75) is 52.2 Å². The first-order valence-electron chi connectivity index (χ1n) is 13.7. The predicted octanol–water partition coefficient (Wildman–Crippen LogP) is 5.07. The fourth-order valence-electron chi connectivity index (χ4n) is 5.88. The van der Waals surface area contributed by atoms with E-state index in [9.17, 15) is 9.18 Å². The molecular weight excluding hydrogens is 471 g/mol. The molecular formula is C30H39FN2O4. The fourth-order valence-corrected chi connectivity index (χ4v) is 5.88. The Morgan fingerprint density at radius 2 is 1.84 bits per heavy atom. The van der Waals surface area contributed by atoms with Crippen LogP contribution in [0.1, 0.15) is 54.1 Å². The highest BCUT2D eigenvalue weighted by molar-refractivity contribution is 5.98. The summed E-state index contributed by atoms with van der Waals surface area (Å²) in [6.07, 6.45) is 4.38. The number of hydrogen-bond donors (Lipinski definition) is 0. The zero-order valence-corrected chi connectivity index (χ0v) is 22.1. The van der Waals surface area contributed by atoms with Gasteiger partial charge in [0.25, 0.3) is 5.91 Å². The minimum Gasteiger partial charge on any atom is -0.492 e. The Morgan fingerprint density at radius 1 is 1.08 bits per heavy atom. The van der Waals surface area contributed by atoms with Crippen LogP contribution in [-0.4, -0.2) is 67.8 Å². The van der Waals surface area contributed by atoms with Gasteiger partial charge in [0.1, 0.15) is 23.9 Å². The number of rotatable bonds is 9. The molecule has 2 aliphatic heterocycles. The third-order valence-corrected chi connectivity index (χ3v) is 8.22. The maximum Gasteiger partial charge on any atom is 0.257 e. The SMILES string of the molecule is Cc1ccc2c(c1F)C(=O)N(CC1CCC(C(C)Oc3cccc(OCCN4CCOCC4)c3)CC1)C2. The summed E-state index contributed by atoms with van der Waals surface area (Å²) >= 11 is 0. The van der Waals surface area contributed by atoms with E-state index in [1.807, 2.05) is 35.2 Å². The molecule has 0 spiro atoms. The Labute approximate surface area is 219 Å². The van der Waals surface area contributed by atoms with Gasteiger partial charge in [0.15, 0.2) is 0 Å². The molecule has 5 rings (SSSR count). The maximum absolute atomic E-state index is 14.5. The fraction of sp³-hybridized carbons (Fsp3) is 0.567. The number of ether oxygens (including phenoxy) is 3. The van der Waals surface area contributed by atoms with Gasteiger partial charge in [-0.15, -0.1) is 0 Å². The van der Waals surface area contributed by atoms with Gasteiger partial charge in [-0.3, -0.25) is 9.69 Å². The number of amides is 1. The number of fused-ring (bicyclic) bond motifs is 1. The third-order valence-electron chi connectivity index (χ3n) is 8.22. The Morgan fingerprint density at radius 3 is 2.62 bits per heavy atom. The van der Waals surface area contributed by atoms with E-state index in [2.05, 4.69) is 11.8 Å². The molecule has 3 aliphatic rings. The summed E-state index contributed by atoms with van der Waals surface area (Å²) in [5.41, 5.74) is 1.63. The van der Waals surface area contributed by atoms with Crippen LogP contribution in [0.15, 0.2) is 36.4 Å². The molecule has 1 saturated heterocycles. The second-order valence-electron chi connectivity index (χ2n) is 10.8. The minimum absolute atomic E-state index is 0.110. The van der Waals surface area contributed by atoms with Crippen LogP contribution in [0.25, 0.3) is 0 Å². The van der Waals surface area contributed by atoms with E-state index in [0.29, 0.717) is 37.1 Å². The van der Waals surface area contributed by atoms with Crippen LogP contribution >= 0.6 is 0 Å². The van der Waals surface area contributed by atoms with Gasteiger partial charge in [-0.1, -0.05) is 18.2 Å². The monoisotopic (exact) mass is 510 g/mol. The molecule has 1 saturated carbocycles. The summed E-state index contributed by atoms with van der Waals surface area (Å²) < 4.78 is 32.2. The van der Waals surface area contributed by atoms with E-state index in [1.165, 1.54) is 0 Å². The quantitative estimate of drug-likeness (QED) is 0.471. The summed E-state index contributed by atoms with van der Waals surface area (Å²) in [7, 11) is 0. The number of carbonyl (C=O) groups excluding carboxylic acids is 1. The van der Waals surface area contributed by atoms with E-state index in [1.54, 1.807) is 13.0 Å². The van der Waals surface area contributed by atoms with Gasteiger partial charge < -0.3 is 19.1 Å². The lowest BCUT2D eigenvalue weighted by atomic mass is 9.79. The highest BCUT2D eigenvalue weighted by atomic mass is 19.1. The first-order chi connectivity index (χ1) is 18.0. The van der Waals surface area contributed by atoms with Gasteiger partial charge in [0.2, 0.25) is 0 Å². The lowest BCUT2D eigenvalue weighted by Crippen LogP contribution is -2.38. The number of benzene rings is 2. The summed E-state index contributed by atoms with van der Waals surface area (Å²) in [6.45, 7) is 10.2. The molecule has 2 heterocycles. The molecule has 7 heteroatoms. The molecule has 0 aromatic heterocycles. The van der Waals surface area contributed by atoms with Gasteiger partial charge in [0, 0.05) is 38.8 Å². The van der Waals surface area contributed by atoms with Crippen LogP contribution in [0, 0.1) is 24.6 Å². The molecule has 2 aromatic rings. The van der Waals surface area contributed by atoms with Crippen LogP contribution in [0.3, 0.4) is 0 Å². The predicted molar refractivity (Wildman–Crippen MR) is 141 cm³/mol. The topological polar surface area (TPSA) is 51.2 Å². The number of halogens is 1. The van der Waals surface area contributed by atoms with E-state index in [4.69, 9.17) is 14.2 Å². The Hall–Kier alpha value is -2.64. The van der Waals surface area contributed by atoms with Gasteiger partial charge in [-0.2, -0.15) is 0 Å². The van der Waals surface area contributed by atoms with Gasteiger partial charge in [-0.05, 0) is 74.6 Å². The molecule has 1 amide bonds. The molecule has 2 aromatic carbocycles. The second kappa shape index (κ2) is 11.8. The van der Waals surface area contributed by atoms with Gasteiger partial charge in [0.05, 0.1) is 24.9 Å². The van der Waals surface area contributed by atoms with Crippen molar-refractivity contribution in [3.05, 3.63) is 58.9 Å². The van der Waals surface area contributed by atoms with Crippen LogP contribution in [0.2, 0.25) is 0 Å². The van der Waals surface area contributed by atoms with Crippen molar-refractivity contribution in [2.75, 3.05) is 46.0 Å². The van der Waals surface area contributed by atoms with Crippen molar-refractivity contribution < 1.29 is 23.4 Å². The first kappa shape index (κ1) is 26.0. The van der Waals surface area contributed by atoms with Crippen LogP contribution in [0.4, 0.5) is 4.39 Å². The Kier molecular flexibility index (Phi) is 8.30. The highest BCUT2D eigenvalue weighted by Gasteiger charge is 2.34. The molecule has 0 bridgehead atoms. The van der Waals surface area contributed by atoms with Gasteiger partial charge >= 0.3 is 0 Å². The van der Waals surface area contributed by atoms with Crippen molar-refractivity contribution in [1.82, 2.24) is 9.80 Å². The summed E-state index contributed by atoms with van der Waals surface area (Å²) in [5, 5.41) is 0. The lowest BCUT2D eigenvalue weighted by molar-refractivity contribution is 0.0322. The van der Waals surface area contributed by atoms with E-state index in [-0.39, 0.29) is 23.4 Å². The minimum atomic E-state index is -0.355. The average molecular weight is 511 g/mol. The molecule has 6 nitrogen and oxygen atoms in total. The Balaban J connectivity index is 1.06. The van der Waals surface area contributed by atoms with E-state index >= 15 is 0 Å². The molecule has 1 atom stereocenters. The van der Waals surface area contributed by atoms with Crippen LogP contribution in [0.5, 0.6) is 11.5 Å². The number of aryl methyl sites for hydroxylation is 1. The molecule has 1 unspecified atom stereocenters. The summed E-state index contributed by atoms with van der Waals surface area (Å²) in [6, 6.07) is 11.6. The van der Waals surface area contributed by atoms with E-state index < -0.39 is 0 Å². The first-order valence-corrected chi connectivity index (χ1v) is 13.7. The largest absolute Gasteiger partial charge is 0.492 e. The maximum atomic E-state index is 14.5. The van der Waals surface area contributed by atoms with Crippen LogP contribution < -0.4 is 9.47 Å². The zero-order valence-electron chi connectivity index (χ0n) is 22.1. The molecule has 0 radical (unpaired) electrons. The van der Waals surface area contributed by atoms with Crippen molar-refractivity contribution in [3.63, 3.8) is 0 Å². The van der Waals surface area contributed by atoms with Crippen molar-refractivity contribution in [1.29, 1.82) is 0 Å². The molecule has 37 heavy (non-hydrogen) atoms. The molecule has 1 aliphatic carbocycles. The molecule has 2 fully saturated rings. The lowest BCUT2D eigenvalue weighted by Gasteiger charge is -2.34. The smallest absolute Gasteiger partial charge is 0.257 e.